The Morgan fingerprint density at radius 1 is 1.10 bits per heavy atom. The third-order valence-electron chi connectivity index (χ3n) is 7.14. The van der Waals surface area contributed by atoms with Crippen molar-refractivity contribution in [3.05, 3.63) is 78.0 Å². The molecule has 0 bridgehead atoms. The summed E-state index contributed by atoms with van der Waals surface area (Å²) in [6.07, 6.45) is 1.49. The third-order valence-corrected chi connectivity index (χ3v) is 7.14. The number of methoxy groups -OCH3 is 1. The van der Waals surface area contributed by atoms with Crippen molar-refractivity contribution in [3.8, 4) is 0 Å². The van der Waals surface area contributed by atoms with Crippen molar-refractivity contribution < 1.29 is 28.7 Å². The highest BCUT2D eigenvalue weighted by molar-refractivity contribution is 6.41. The van der Waals surface area contributed by atoms with Crippen molar-refractivity contribution >= 4 is 35.1 Å². The van der Waals surface area contributed by atoms with Gasteiger partial charge < -0.3 is 19.7 Å². The molecule has 1 N–H and O–H groups in total. The summed E-state index contributed by atoms with van der Waals surface area (Å²) in [6, 6.07) is 17.1. The average molecular weight is 575 g/mol. The van der Waals surface area contributed by atoms with Gasteiger partial charge >= 0.3 is 0 Å². The normalized spacial score (nSPS) is 19.5. The molecule has 10 nitrogen and oxygen atoms in total. The van der Waals surface area contributed by atoms with E-state index in [1.54, 1.807) is 30.5 Å². The molecule has 0 aromatic heterocycles. The van der Waals surface area contributed by atoms with Crippen LogP contribution in [0.2, 0.25) is 0 Å². The lowest BCUT2D eigenvalue weighted by atomic mass is 9.87. The summed E-state index contributed by atoms with van der Waals surface area (Å²) in [4.78, 5) is 63.0. The van der Waals surface area contributed by atoms with Crippen LogP contribution >= 0.6 is 0 Å². The second-order valence-corrected chi connectivity index (χ2v) is 11.5. The van der Waals surface area contributed by atoms with Crippen LogP contribution in [0.3, 0.4) is 0 Å². The molecular weight excluding hydrogens is 536 g/mol. The molecule has 0 spiro atoms. The van der Waals surface area contributed by atoms with Crippen molar-refractivity contribution in [1.29, 1.82) is 0 Å². The first-order valence-corrected chi connectivity index (χ1v) is 13.9. The number of carbonyl (C=O) groups is 4. The van der Waals surface area contributed by atoms with Crippen LogP contribution < -0.4 is 5.32 Å². The van der Waals surface area contributed by atoms with E-state index in [1.165, 1.54) is 23.8 Å². The van der Waals surface area contributed by atoms with Gasteiger partial charge in [-0.25, -0.2) is 4.99 Å². The number of Topliss-reactive ketones (excluding diaryl/α,β-unsaturated/α-hetero) is 1. The largest absolute Gasteiger partial charge is 0.473 e. The summed E-state index contributed by atoms with van der Waals surface area (Å²) in [5.41, 5.74) is -1.13. The monoisotopic (exact) mass is 574 g/mol. The minimum atomic E-state index is -1.98. The fourth-order valence-electron chi connectivity index (χ4n) is 5.36. The van der Waals surface area contributed by atoms with Gasteiger partial charge in [-0.3, -0.25) is 24.1 Å². The van der Waals surface area contributed by atoms with E-state index in [0.717, 1.165) is 0 Å². The van der Waals surface area contributed by atoms with E-state index in [0.29, 0.717) is 11.1 Å². The van der Waals surface area contributed by atoms with Gasteiger partial charge in [0.05, 0.1) is 11.2 Å². The summed E-state index contributed by atoms with van der Waals surface area (Å²) in [7, 11) is 1.41. The molecule has 3 amide bonds. The van der Waals surface area contributed by atoms with E-state index in [1.807, 2.05) is 64.1 Å². The molecule has 0 radical (unpaired) electrons. The number of aliphatic imine (C=N–C) groups is 1. The number of hydrogen-bond donors (Lipinski definition) is 1. The molecule has 4 rings (SSSR count). The molecule has 222 valence electrons. The SMILES string of the molecule is COCC(=O)N1C=C(c2ccccc2)N([C@](Cc2ccccc2)(NC(C)=O)C(=O)C2=NC(C)(C)CO2)C(=O)C1C(C)C. The lowest BCUT2D eigenvalue weighted by Crippen LogP contribution is -2.72. The number of nitrogens with zero attached hydrogens (tertiary/aromatic N) is 3. The minimum absolute atomic E-state index is 0.0815. The van der Waals surface area contributed by atoms with E-state index < -0.39 is 40.7 Å². The molecule has 2 aliphatic rings. The number of ether oxygens (including phenoxy) is 2. The molecule has 0 saturated carbocycles. The molecule has 2 aliphatic heterocycles. The molecule has 1 unspecified atom stereocenters. The number of hydrogen-bond acceptors (Lipinski definition) is 7. The summed E-state index contributed by atoms with van der Waals surface area (Å²) in [6.45, 7) is 8.53. The zero-order chi connectivity index (χ0) is 30.7. The Morgan fingerprint density at radius 3 is 2.24 bits per heavy atom. The molecule has 2 heterocycles. The summed E-state index contributed by atoms with van der Waals surface area (Å²) in [5.74, 6) is -2.67. The predicted octanol–water partition coefficient (Wildman–Crippen LogP) is 3.18. The van der Waals surface area contributed by atoms with Crippen LogP contribution in [0.25, 0.3) is 5.70 Å². The standard InChI is InChI=1S/C32H38N4O6/c1-21(2)27-30(40)36(25(24-15-11-8-12-16-24)18-35(27)26(38)19-41-6)32(33-22(3)37,17-23-13-9-7-10-14-23)28(39)29-34-31(4,5)20-42-29/h7-16,18,21,27H,17,19-20H2,1-6H3,(H,33,37)/t27?,32-/m0/s1. The minimum Gasteiger partial charge on any atom is -0.473 e. The maximum Gasteiger partial charge on any atom is 0.263 e. The van der Waals surface area contributed by atoms with Gasteiger partial charge in [0, 0.05) is 26.7 Å². The molecule has 2 atom stereocenters. The van der Waals surface area contributed by atoms with Gasteiger partial charge in [-0.1, -0.05) is 74.5 Å². The van der Waals surface area contributed by atoms with Crippen LogP contribution in [0.4, 0.5) is 0 Å². The highest BCUT2D eigenvalue weighted by Crippen LogP contribution is 2.38. The first kappa shape index (κ1) is 30.6. The molecule has 0 aliphatic carbocycles. The van der Waals surface area contributed by atoms with E-state index in [-0.39, 0.29) is 37.1 Å². The van der Waals surface area contributed by atoms with Crippen LogP contribution in [-0.4, -0.2) is 76.8 Å². The quantitative estimate of drug-likeness (QED) is 0.466. The van der Waals surface area contributed by atoms with Gasteiger partial charge in [0.15, 0.2) is 5.66 Å². The molecule has 10 heteroatoms. The second-order valence-electron chi connectivity index (χ2n) is 11.5. The fourth-order valence-corrected chi connectivity index (χ4v) is 5.36. The van der Waals surface area contributed by atoms with Crippen LogP contribution in [-0.2, 0) is 35.1 Å². The fraction of sp³-hybridized carbons (Fsp3) is 0.406. The smallest absolute Gasteiger partial charge is 0.263 e. The zero-order valence-corrected chi connectivity index (χ0v) is 24.9. The van der Waals surface area contributed by atoms with Gasteiger partial charge in [-0.15, -0.1) is 0 Å². The zero-order valence-electron chi connectivity index (χ0n) is 24.9. The molecule has 2 aromatic carbocycles. The molecule has 0 saturated heterocycles. The van der Waals surface area contributed by atoms with E-state index in [4.69, 9.17) is 9.47 Å². The first-order valence-electron chi connectivity index (χ1n) is 13.9. The first-order chi connectivity index (χ1) is 19.9. The van der Waals surface area contributed by atoms with Crippen molar-refractivity contribution in [3.63, 3.8) is 0 Å². The number of ketones is 1. The summed E-state index contributed by atoms with van der Waals surface area (Å²) >= 11 is 0. The maximum absolute atomic E-state index is 14.8. The lowest BCUT2D eigenvalue weighted by Gasteiger charge is -2.49. The van der Waals surface area contributed by atoms with Gasteiger partial charge in [0.25, 0.3) is 23.5 Å². The Bertz CT molecular complexity index is 1400. The highest BCUT2D eigenvalue weighted by atomic mass is 16.5. The van der Waals surface area contributed by atoms with Crippen molar-refractivity contribution in [2.45, 2.75) is 58.3 Å². The molecule has 2 aromatic rings. The van der Waals surface area contributed by atoms with E-state index in [9.17, 15) is 19.2 Å². The van der Waals surface area contributed by atoms with E-state index in [2.05, 4.69) is 10.3 Å². The van der Waals surface area contributed by atoms with Gasteiger partial charge in [0.1, 0.15) is 19.3 Å². The molecular formula is C32H38N4O6. The van der Waals surface area contributed by atoms with Gasteiger partial charge in [0.2, 0.25) is 5.91 Å². The average Bonchev–Trinajstić information content (AvgIpc) is 3.31. The second kappa shape index (κ2) is 12.3. The Hall–Kier alpha value is -4.31. The molecule has 42 heavy (non-hydrogen) atoms. The van der Waals surface area contributed by atoms with Crippen molar-refractivity contribution in [2.75, 3.05) is 20.3 Å². The number of nitrogens with one attached hydrogen (secondary N) is 1. The van der Waals surface area contributed by atoms with Gasteiger partial charge in [-0.05, 0) is 30.9 Å². The maximum atomic E-state index is 14.8. The lowest BCUT2D eigenvalue weighted by molar-refractivity contribution is -0.154. The Labute approximate surface area is 246 Å². The van der Waals surface area contributed by atoms with Crippen molar-refractivity contribution in [1.82, 2.24) is 15.1 Å². The van der Waals surface area contributed by atoms with Crippen LogP contribution in [0.1, 0.15) is 45.7 Å². The topological polar surface area (TPSA) is 118 Å². The Balaban J connectivity index is 2.05. The summed E-state index contributed by atoms with van der Waals surface area (Å²) < 4.78 is 10.9. The van der Waals surface area contributed by atoms with Crippen LogP contribution in [0.15, 0.2) is 71.9 Å². The third kappa shape index (κ3) is 6.13. The van der Waals surface area contributed by atoms with Crippen molar-refractivity contribution in [2.24, 2.45) is 10.9 Å². The predicted molar refractivity (Wildman–Crippen MR) is 158 cm³/mol. The summed E-state index contributed by atoms with van der Waals surface area (Å²) in [5, 5.41) is 2.86. The van der Waals surface area contributed by atoms with E-state index >= 15 is 0 Å². The Kier molecular flexibility index (Phi) is 8.96. The van der Waals surface area contributed by atoms with Gasteiger partial charge in [-0.2, -0.15) is 0 Å². The number of rotatable bonds is 10. The number of amides is 3. The highest BCUT2D eigenvalue weighted by Gasteiger charge is 2.56. The number of benzene rings is 2. The van der Waals surface area contributed by atoms with Crippen LogP contribution in [0.5, 0.6) is 0 Å². The Morgan fingerprint density at radius 2 is 1.71 bits per heavy atom. The van der Waals surface area contributed by atoms with Crippen LogP contribution in [0, 0.1) is 5.92 Å². The molecule has 0 fully saturated rings. The number of carbonyl (C=O) groups excluding carboxylic acids is 4.